The van der Waals surface area contributed by atoms with E-state index < -0.39 is 0 Å². The molecule has 108 valence electrons. The fourth-order valence-electron chi connectivity index (χ4n) is 2.83. The first-order valence-corrected chi connectivity index (χ1v) is 8.15. The Kier molecular flexibility index (Phi) is 4.32. The Labute approximate surface area is 137 Å². The van der Waals surface area contributed by atoms with E-state index in [4.69, 9.17) is 11.6 Å². The van der Waals surface area contributed by atoms with E-state index in [1.807, 2.05) is 35.2 Å². The number of amides is 1. The van der Waals surface area contributed by atoms with Gasteiger partial charge in [-0.1, -0.05) is 41.9 Å². The van der Waals surface area contributed by atoms with Gasteiger partial charge in [-0.2, -0.15) is 0 Å². The molecule has 21 heavy (non-hydrogen) atoms. The molecule has 1 amide bonds. The van der Waals surface area contributed by atoms with Crippen LogP contribution in [0.25, 0.3) is 0 Å². The van der Waals surface area contributed by atoms with Crippen molar-refractivity contribution in [2.24, 2.45) is 0 Å². The molecular weight excluding hydrogens is 350 g/mol. The van der Waals surface area contributed by atoms with Crippen molar-refractivity contribution in [1.29, 1.82) is 0 Å². The van der Waals surface area contributed by atoms with E-state index in [1.54, 1.807) is 6.07 Å². The maximum Gasteiger partial charge on any atom is 0.254 e. The van der Waals surface area contributed by atoms with Gasteiger partial charge in [-0.15, -0.1) is 0 Å². The standard InChI is InChI=1S/C17H15BrClNO/c18-14-9-8-13(11-15(14)19)17(21)20-10-4-7-16(20)12-5-2-1-3-6-12/h1-3,5-6,8-9,11,16H,4,7,10H2. The predicted molar refractivity (Wildman–Crippen MR) is 88.6 cm³/mol. The fourth-order valence-corrected chi connectivity index (χ4v) is 3.25. The van der Waals surface area contributed by atoms with E-state index in [-0.39, 0.29) is 11.9 Å². The quantitative estimate of drug-likeness (QED) is 0.727. The van der Waals surface area contributed by atoms with Crippen molar-refractivity contribution in [3.63, 3.8) is 0 Å². The van der Waals surface area contributed by atoms with E-state index in [9.17, 15) is 4.79 Å². The molecule has 1 aliphatic heterocycles. The van der Waals surface area contributed by atoms with Gasteiger partial charge in [0.1, 0.15) is 0 Å². The molecule has 3 rings (SSSR count). The van der Waals surface area contributed by atoms with Gasteiger partial charge in [0, 0.05) is 16.6 Å². The van der Waals surface area contributed by atoms with Gasteiger partial charge in [0.15, 0.2) is 0 Å². The summed E-state index contributed by atoms with van der Waals surface area (Å²) in [6.07, 6.45) is 2.05. The topological polar surface area (TPSA) is 20.3 Å². The van der Waals surface area contributed by atoms with Gasteiger partial charge in [-0.3, -0.25) is 4.79 Å². The van der Waals surface area contributed by atoms with E-state index in [2.05, 4.69) is 28.1 Å². The number of hydrogen-bond donors (Lipinski definition) is 0. The Hall–Kier alpha value is -1.32. The number of rotatable bonds is 2. The predicted octanol–water partition coefficient (Wildman–Crippen LogP) is 5.08. The van der Waals surface area contributed by atoms with E-state index in [0.717, 1.165) is 23.9 Å². The van der Waals surface area contributed by atoms with Gasteiger partial charge in [-0.25, -0.2) is 0 Å². The SMILES string of the molecule is O=C(c1ccc(Br)c(Cl)c1)N1CCCC1c1ccccc1. The Morgan fingerprint density at radius 3 is 2.67 bits per heavy atom. The zero-order valence-corrected chi connectivity index (χ0v) is 13.8. The summed E-state index contributed by atoms with van der Waals surface area (Å²) in [5, 5.41) is 0.566. The normalized spacial score (nSPS) is 18.0. The smallest absolute Gasteiger partial charge is 0.254 e. The second-order valence-corrected chi connectivity index (χ2v) is 6.46. The van der Waals surface area contributed by atoms with Crippen molar-refractivity contribution in [2.75, 3.05) is 6.54 Å². The number of carbonyl (C=O) groups is 1. The molecule has 4 heteroatoms. The number of benzene rings is 2. The first kappa shape index (κ1) is 14.6. The largest absolute Gasteiger partial charge is 0.332 e. The van der Waals surface area contributed by atoms with Crippen LogP contribution in [0.1, 0.15) is 34.8 Å². The first-order valence-electron chi connectivity index (χ1n) is 6.98. The number of nitrogens with zero attached hydrogens (tertiary/aromatic N) is 1. The van der Waals surface area contributed by atoms with Gasteiger partial charge in [0.25, 0.3) is 5.91 Å². The molecular formula is C17H15BrClNO. The first-order chi connectivity index (χ1) is 10.2. The van der Waals surface area contributed by atoms with Crippen LogP contribution in [0.5, 0.6) is 0 Å². The molecule has 2 aromatic rings. The third kappa shape index (κ3) is 2.99. The fraction of sp³-hybridized carbons (Fsp3) is 0.235. The third-order valence-corrected chi connectivity index (χ3v) is 5.10. The highest BCUT2D eigenvalue weighted by Crippen LogP contribution is 2.33. The van der Waals surface area contributed by atoms with Crippen LogP contribution in [0.2, 0.25) is 5.02 Å². The number of carbonyl (C=O) groups excluding carboxylic acids is 1. The minimum atomic E-state index is 0.0516. The molecule has 2 aromatic carbocycles. The Balaban J connectivity index is 1.88. The zero-order valence-electron chi connectivity index (χ0n) is 11.4. The summed E-state index contributed by atoms with van der Waals surface area (Å²) in [4.78, 5) is 14.7. The summed E-state index contributed by atoms with van der Waals surface area (Å²) in [6, 6.07) is 15.8. The summed E-state index contributed by atoms with van der Waals surface area (Å²) < 4.78 is 0.807. The van der Waals surface area contributed by atoms with Crippen molar-refractivity contribution in [1.82, 2.24) is 4.90 Å². The zero-order chi connectivity index (χ0) is 14.8. The monoisotopic (exact) mass is 363 g/mol. The van der Waals surface area contributed by atoms with Crippen LogP contribution in [0.15, 0.2) is 53.0 Å². The number of halogens is 2. The molecule has 0 aromatic heterocycles. The van der Waals surface area contributed by atoms with Crippen molar-refractivity contribution >= 4 is 33.4 Å². The summed E-state index contributed by atoms with van der Waals surface area (Å²) in [5.41, 5.74) is 1.84. The average Bonchev–Trinajstić information content (AvgIpc) is 2.99. The highest BCUT2D eigenvalue weighted by Gasteiger charge is 2.30. The molecule has 1 heterocycles. The molecule has 0 N–H and O–H groups in total. The molecule has 0 radical (unpaired) electrons. The lowest BCUT2D eigenvalue weighted by Gasteiger charge is -2.25. The van der Waals surface area contributed by atoms with E-state index in [0.29, 0.717) is 10.6 Å². The lowest BCUT2D eigenvalue weighted by Crippen LogP contribution is -2.30. The molecule has 1 unspecified atom stereocenters. The van der Waals surface area contributed by atoms with Gasteiger partial charge in [-0.05, 0) is 52.5 Å². The molecule has 1 fully saturated rings. The van der Waals surface area contributed by atoms with Crippen LogP contribution < -0.4 is 0 Å². The summed E-state index contributed by atoms with van der Waals surface area (Å²) in [7, 11) is 0. The van der Waals surface area contributed by atoms with Crippen molar-refractivity contribution in [3.8, 4) is 0 Å². The van der Waals surface area contributed by atoms with E-state index in [1.165, 1.54) is 5.56 Å². The Morgan fingerprint density at radius 1 is 1.19 bits per heavy atom. The second kappa shape index (κ2) is 6.20. The Bertz CT molecular complexity index is 659. The molecule has 1 atom stereocenters. The summed E-state index contributed by atoms with van der Waals surface area (Å²) in [5.74, 6) is 0.0516. The minimum Gasteiger partial charge on any atom is -0.332 e. The molecule has 1 aliphatic rings. The summed E-state index contributed by atoms with van der Waals surface area (Å²) >= 11 is 9.45. The second-order valence-electron chi connectivity index (χ2n) is 5.20. The Morgan fingerprint density at radius 2 is 1.95 bits per heavy atom. The third-order valence-electron chi connectivity index (χ3n) is 3.86. The number of hydrogen-bond acceptors (Lipinski definition) is 1. The van der Waals surface area contributed by atoms with Crippen LogP contribution in [-0.2, 0) is 0 Å². The lowest BCUT2D eigenvalue weighted by atomic mass is 10.0. The molecule has 2 nitrogen and oxygen atoms in total. The molecule has 0 bridgehead atoms. The molecule has 1 saturated heterocycles. The highest BCUT2D eigenvalue weighted by atomic mass is 79.9. The van der Waals surface area contributed by atoms with Crippen molar-refractivity contribution in [3.05, 3.63) is 69.2 Å². The lowest BCUT2D eigenvalue weighted by molar-refractivity contribution is 0.0735. The molecule has 0 saturated carbocycles. The summed E-state index contributed by atoms with van der Waals surface area (Å²) in [6.45, 7) is 0.798. The van der Waals surface area contributed by atoms with Gasteiger partial charge in [0.05, 0.1) is 11.1 Å². The van der Waals surface area contributed by atoms with Crippen LogP contribution in [-0.4, -0.2) is 17.4 Å². The van der Waals surface area contributed by atoms with Crippen molar-refractivity contribution in [2.45, 2.75) is 18.9 Å². The van der Waals surface area contributed by atoms with Crippen LogP contribution in [0.4, 0.5) is 0 Å². The average molecular weight is 365 g/mol. The maximum absolute atomic E-state index is 12.7. The van der Waals surface area contributed by atoms with Gasteiger partial charge >= 0.3 is 0 Å². The molecule has 0 spiro atoms. The van der Waals surface area contributed by atoms with Gasteiger partial charge in [0.2, 0.25) is 0 Å². The van der Waals surface area contributed by atoms with Crippen LogP contribution in [0.3, 0.4) is 0 Å². The minimum absolute atomic E-state index is 0.0516. The molecule has 0 aliphatic carbocycles. The van der Waals surface area contributed by atoms with Crippen LogP contribution >= 0.6 is 27.5 Å². The van der Waals surface area contributed by atoms with Gasteiger partial charge < -0.3 is 4.90 Å². The van der Waals surface area contributed by atoms with Crippen LogP contribution in [0, 0.1) is 0 Å². The number of likely N-dealkylation sites (tertiary alicyclic amines) is 1. The highest BCUT2D eigenvalue weighted by molar-refractivity contribution is 9.10. The maximum atomic E-state index is 12.7. The van der Waals surface area contributed by atoms with Crippen molar-refractivity contribution < 1.29 is 4.79 Å². The van der Waals surface area contributed by atoms with E-state index >= 15 is 0 Å².